The summed E-state index contributed by atoms with van der Waals surface area (Å²) in [6.45, 7) is 7.07. The van der Waals surface area contributed by atoms with Crippen molar-refractivity contribution in [1.82, 2.24) is 19.9 Å². The fourth-order valence-corrected chi connectivity index (χ4v) is 4.42. The molecule has 0 spiro atoms. The Morgan fingerprint density at radius 3 is 2.49 bits per heavy atom. The number of hydrogen-bond donors (Lipinski definition) is 0. The lowest BCUT2D eigenvalue weighted by atomic mass is 10.00. The maximum atomic E-state index is 13.4. The second-order valence-corrected chi connectivity index (χ2v) is 9.06. The first-order valence-electron chi connectivity index (χ1n) is 11.5. The fourth-order valence-electron chi connectivity index (χ4n) is 4.42. The average molecular weight is 477 g/mol. The summed E-state index contributed by atoms with van der Waals surface area (Å²) >= 11 is 0. The van der Waals surface area contributed by atoms with Crippen LogP contribution >= 0.6 is 0 Å². The Morgan fingerprint density at radius 1 is 1.06 bits per heavy atom. The molecule has 0 radical (unpaired) electrons. The number of piperazine rings is 1. The van der Waals surface area contributed by atoms with E-state index in [1.807, 2.05) is 26.8 Å². The number of rotatable bonds is 4. The van der Waals surface area contributed by atoms with E-state index in [1.165, 1.54) is 24.4 Å². The number of aromatic nitrogens is 2. The maximum Gasteiger partial charge on any atom is 0.292 e. The van der Waals surface area contributed by atoms with Crippen LogP contribution in [-0.2, 0) is 0 Å². The van der Waals surface area contributed by atoms with Crippen LogP contribution in [0.15, 0.2) is 57.6 Å². The Hall–Kier alpha value is -4.01. The summed E-state index contributed by atoms with van der Waals surface area (Å²) in [6, 6.07) is 11.1. The molecule has 8 nitrogen and oxygen atoms in total. The van der Waals surface area contributed by atoms with Crippen LogP contribution in [0, 0.1) is 5.82 Å². The number of carbonyl (C=O) groups excluding carboxylic acids is 2. The minimum absolute atomic E-state index is 0.125. The van der Waals surface area contributed by atoms with Crippen molar-refractivity contribution in [1.29, 1.82) is 0 Å². The summed E-state index contributed by atoms with van der Waals surface area (Å²) in [5, 5.41) is 3.59. The van der Waals surface area contributed by atoms with E-state index in [2.05, 4.69) is 10.1 Å². The molecule has 0 unspecified atom stereocenters. The number of hydrogen-bond acceptors (Lipinski definition) is 6. The van der Waals surface area contributed by atoms with Gasteiger partial charge < -0.3 is 18.7 Å². The molecule has 1 aliphatic heterocycles. The van der Waals surface area contributed by atoms with Gasteiger partial charge in [-0.3, -0.25) is 9.59 Å². The molecule has 0 bridgehead atoms. The van der Waals surface area contributed by atoms with E-state index in [9.17, 15) is 14.0 Å². The largest absolute Gasteiger partial charge is 0.449 e. The molecule has 1 aromatic carbocycles. The number of furan rings is 1. The molecule has 4 aromatic rings. The summed E-state index contributed by atoms with van der Waals surface area (Å²) < 4.78 is 24.4. The van der Waals surface area contributed by atoms with Crippen molar-refractivity contribution in [3.8, 4) is 11.3 Å². The van der Waals surface area contributed by atoms with Crippen molar-refractivity contribution in [3.63, 3.8) is 0 Å². The summed E-state index contributed by atoms with van der Waals surface area (Å²) in [5.41, 5.74) is 3.54. The van der Waals surface area contributed by atoms with Crippen LogP contribution in [-0.4, -0.2) is 57.4 Å². The second kappa shape index (κ2) is 8.98. The van der Waals surface area contributed by atoms with E-state index in [-0.39, 0.29) is 41.1 Å². The van der Waals surface area contributed by atoms with Gasteiger partial charge in [0.05, 0.1) is 11.9 Å². The molecule has 1 aliphatic rings. The van der Waals surface area contributed by atoms with Crippen molar-refractivity contribution in [2.75, 3.05) is 19.6 Å². The molecule has 9 heteroatoms. The highest BCUT2D eigenvalue weighted by molar-refractivity contribution is 5.97. The first-order valence-corrected chi connectivity index (χ1v) is 11.5. The molecule has 3 aromatic heterocycles. The zero-order valence-corrected chi connectivity index (χ0v) is 19.7. The minimum Gasteiger partial charge on any atom is -0.449 e. The Morgan fingerprint density at radius 2 is 1.83 bits per heavy atom. The molecule has 1 saturated heterocycles. The predicted molar refractivity (Wildman–Crippen MR) is 126 cm³/mol. The third-order valence-electron chi connectivity index (χ3n) is 6.30. The monoisotopic (exact) mass is 476 g/mol. The number of amides is 2. The highest BCUT2D eigenvalue weighted by Gasteiger charge is 2.33. The van der Waals surface area contributed by atoms with Crippen molar-refractivity contribution in [3.05, 3.63) is 71.6 Å². The van der Waals surface area contributed by atoms with E-state index in [0.717, 1.165) is 11.1 Å². The molecule has 0 N–H and O–H groups in total. The first-order chi connectivity index (χ1) is 16.8. The second-order valence-electron chi connectivity index (χ2n) is 9.06. The molecular weight excluding hydrogens is 451 g/mol. The molecule has 1 fully saturated rings. The highest BCUT2D eigenvalue weighted by Crippen LogP contribution is 2.32. The summed E-state index contributed by atoms with van der Waals surface area (Å²) in [6.07, 6.45) is 1.43. The number of fused-ring (bicyclic) bond motifs is 1. The smallest absolute Gasteiger partial charge is 0.292 e. The quantitative estimate of drug-likeness (QED) is 0.423. The topological polar surface area (TPSA) is 92.7 Å². The van der Waals surface area contributed by atoms with E-state index in [4.69, 9.17) is 8.94 Å². The van der Waals surface area contributed by atoms with Gasteiger partial charge in [0, 0.05) is 48.9 Å². The van der Waals surface area contributed by atoms with Gasteiger partial charge >= 0.3 is 0 Å². The fraction of sp³-hybridized carbons (Fsp3) is 0.308. The maximum absolute atomic E-state index is 13.4. The standard InChI is InChI=1S/C26H25FN4O4/c1-15(2)19-12-20(17-4-6-18(27)7-5-17)29-21-13-23(34-24(19)21)25(32)30-10-11-31(16(3)14-30)26(33)22-8-9-28-35-22/h4-9,12-13,15-16H,10-11,14H2,1-3H3/t16-/m0/s1. The lowest BCUT2D eigenvalue weighted by Crippen LogP contribution is -2.55. The number of pyridine rings is 1. The average Bonchev–Trinajstić information content (AvgIpc) is 3.53. The van der Waals surface area contributed by atoms with Gasteiger partial charge in [-0.05, 0) is 43.2 Å². The molecule has 2 amide bonds. The molecular formula is C26H25FN4O4. The van der Waals surface area contributed by atoms with Crippen LogP contribution in [0.1, 0.15) is 53.4 Å². The van der Waals surface area contributed by atoms with Crippen molar-refractivity contribution in [2.45, 2.75) is 32.7 Å². The van der Waals surface area contributed by atoms with Gasteiger partial charge in [0.15, 0.2) is 11.3 Å². The summed E-state index contributed by atoms with van der Waals surface area (Å²) in [4.78, 5) is 34.0. The van der Waals surface area contributed by atoms with E-state index in [1.54, 1.807) is 28.0 Å². The minimum atomic E-state index is -0.313. The zero-order chi connectivity index (χ0) is 24.7. The predicted octanol–water partition coefficient (Wildman–Crippen LogP) is 4.73. The highest BCUT2D eigenvalue weighted by atomic mass is 19.1. The Kier molecular flexibility index (Phi) is 5.84. The molecule has 180 valence electrons. The Balaban J connectivity index is 1.41. The number of halogens is 1. The molecule has 1 atom stereocenters. The van der Waals surface area contributed by atoms with Gasteiger partial charge in [-0.2, -0.15) is 0 Å². The Labute approximate surface area is 201 Å². The van der Waals surface area contributed by atoms with Crippen molar-refractivity contribution >= 4 is 22.9 Å². The third-order valence-corrected chi connectivity index (χ3v) is 6.30. The first kappa shape index (κ1) is 22.8. The van der Waals surface area contributed by atoms with Gasteiger partial charge in [-0.25, -0.2) is 9.37 Å². The van der Waals surface area contributed by atoms with Crippen LogP contribution in [0.2, 0.25) is 0 Å². The van der Waals surface area contributed by atoms with Gasteiger partial charge in [0.1, 0.15) is 11.3 Å². The van der Waals surface area contributed by atoms with E-state index < -0.39 is 0 Å². The lowest BCUT2D eigenvalue weighted by Gasteiger charge is -2.39. The number of carbonyl (C=O) groups is 2. The molecule has 0 aliphatic carbocycles. The van der Waals surface area contributed by atoms with Crippen LogP contribution < -0.4 is 0 Å². The van der Waals surface area contributed by atoms with Gasteiger partial charge in [0.25, 0.3) is 11.8 Å². The SMILES string of the molecule is CC(C)c1cc(-c2ccc(F)cc2)nc2cc(C(=O)N3CCN(C(=O)c4ccno4)[C@@H](C)C3)oc12. The van der Waals surface area contributed by atoms with Crippen molar-refractivity contribution in [2.24, 2.45) is 0 Å². The summed E-state index contributed by atoms with van der Waals surface area (Å²) in [7, 11) is 0. The zero-order valence-electron chi connectivity index (χ0n) is 19.7. The van der Waals surface area contributed by atoms with Crippen molar-refractivity contribution < 1.29 is 22.9 Å². The van der Waals surface area contributed by atoms with Gasteiger partial charge in [-0.15, -0.1) is 0 Å². The molecule has 35 heavy (non-hydrogen) atoms. The third kappa shape index (κ3) is 4.29. The van der Waals surface area contributed by atoms with E-state index >= 15 is 0 Å². The van der Waals surface area contributed by atoms with E-state index in [0.29, 0.717) is 36.4 Å². The molecule has 4 heterocycles. The molecule has 0 saturated carbocycles. The van der Waals surface area contributed by atoms with Crippen LogP contribution in [0.3, 0.4) is 0 Å². The van der Waals surface area contributed by atoms with Gasteiger partial charge in [-0.1, -0.05) is 19.0 Å². The number of nitrogens with zero attached hydrogens (tertiary/aromatic N) is 4. The summed E-state index contributed by atoms with van der Waals surface area (Å²) in [5.74, 6) is -0.304. The normalized spacial score (nSPS) is 16.3. The Bertz CT molecular complexity index is 1380. The molecule has 5 rings (SSSR count). The lowest BCUT2D eigenvalue weighted by molar-refractivity contribution is 0.0377. The number of benzene rings is 1. The van der Waals surface area contributed by atoms with Crippen LogP contribution in [0.4, 0.5) is 4.39 Å². The van der Waals surface area contributed by atoms with Gasteiger partial charge in [0.2, 0.25) is 5.76 Å². The van der Waals surface area contributed by atoms with Crippen LogP contribution in [0.5, 0.6) is 0 Å². The van der Waals surface area contributed by atoms with Crippen LogP contribution in [0.25, 0.3) is 22.4 Å².